The lowest BCUT2D eigenvalue weighted by Gasteiger charge is -2.30. The van der Waals surface area contributed by atoms with Crippen molar-refractivity contribution in [3.8, 4) is 0 Å². The predicted molar refractivity (Wildman–Crippen MR) is 119 cm³/mol. The topological polar surface area (TPSA) is 116 Å². The minimum atomic E-state index is -0.792. The molecule has 7 heteroatoms. The Morgan fingerprint density at radius 3 is 1.69 bits per heavy atom. The predicted octanol–water partition coefficient (Wildman–Crippen LogP) is 2.97. The van der Waals surface area contributed by atoms with E-state index in [2.05, 4.69) is 5.32 Å². The van der Waals surface area contributed by atoms with Crippen molar-refractivity contribution in [3.63, 3.8) is 0 Å². The summed E-state index contributed by atoms with van der Waals surface area (Å²) in [5.41, 5.74) is 3.56. The Labute approximate surface area is 187 Å². The number of carboxylic acids is 1. The zero-order valence-electron chi connectivity index (χ0n) is 17.9. The van der Waals surface area contributed by atoms with Gasteiger partial charge in [-0.15, -0.1) is 0 Å². The van der Waals surface area contributed by atoms with Crippen LogP contribution in [0.4, 0.5) is 0 Å². The van der Waals surface area contributed by atoms with Crippen LogP contribution in [0.25, 0.3) is 0 Å². The fourth-order valence-corrected chi connectivity index (χ4v) is 4.45. The molecule has 0 aromatic heterocycles. The van der Waals surface area contributed by atoms with E-state index in [1.165, 1.54) is 0 Å². The Bertz CT molecular complexity index is 895. The number of carbonyl (C=O) groups is 3. The van der Waals surface area contributed by atoms with Crippen molar-refractivity contribution in [2.24, 2.45) is 17.8 Å². The Kier molecular flexibility index (Phi) is 8.39. The molecule has 0 saturated heterocycles. The monoisotopic (exact) mass is 438 g/mol. The van der Waals surface area contributed by atoms with E-state index in [0.29, 0.717) is 38.5 Å². The molecule has 2 amide bonds. The number of hydrogen-bond donors (Lipinski definition) is 4. The van der Waals surface area contributed by atoms with Gasteiger partial charge in [0.05, 0.1) is 17.8 Å². The highest BCUT2D eigenvalue weighted by Gasteiger charge is 2.36. The van der Waals surface area contributed by atoms with E-state index in [9.17, 15) is 24.7 Å². The third kappa shape index (κ3) is 6.40. The molecule has 0 bridgehead atoms. The smallest absolute Gasteiger partial charge is 0.306 e. The van der Waals surface area contributed by atoms with Gasteiger partial charge in [-0.2, -0.15) is 0 Å². The Morgan fingerprint density at radius 2 is 1.25 bits per heavy atom. The Balaban J connectivity index is 1.80. The van der Waals surface area contributed by atoms with E-state index in [0.717, 1.165) is 11.1 Å². The number of carbonyl (C=O) groups excluding carboxylic acids is 2. The highest BCUT2D eigenvalue weighted by Crippen LogP contribution is 2.27. The van der Waals surface area contributed by atoms with Gasteiger partial charge in [-0.3, -0.25) is 19.6 Å². The number of nitrogens with one attached hydrogen (secondary N) is 2. The first kappa shape index (κ1) is 23.5. The van der Waals surface area contributed by atoms with Crippen LogP contribution < -0.4 is 10.8 Å². The Hall–Kier alpha value is -3.19. The summed E-state index contributed by atoms with van der Waals surface area (Å²) in [6.45, 7) is 0. The van der Waals surface area contributed by atoms with Gasteiger partial charge >= 0.3 is 5.97 Å². The molecule has 0 unspecified atom stereocenters. The molecular formula is C25H30N2O5. The molecule has 1 saturated carbocycles. The van der Waals surface area contributed by atoms with Gasteiger partial charge in [-0.1, -0.05) is 60.7 Å². The zero-order chi connectivity index (χ0) is 22.9. The molecule has 2 atom stereocenters. The molecule has 0 spiro atoms. The number of amides is 2. The fraction of sp³-hybridized carbons (Fsp3) is 0.400. The van der Waals surface area contributed by atoms with Crippen LogP contribution in [0, 0.1) is 17.8 Å². The summed E-state index contributed by atoms with van der Waals surface area (Å²) in [4.78, 5) is 37.3. The number of rotatable bonds is 9. The van der Waals surface area contributed by atoms with Gasteiger partial charge in [0.2, 0.25) is 11.8 Å². The molecule has 1 aliphatic rings. The molecule has 1 aliphatic carbocycles. The molecule has 32 heavy (non-hydrogen) atoms. The summed E-state index contributed by atoms with van der Waals surface area (Å²) in [6.07, 6.45) is 2.89. The summed E-state index contributed by atoms with van der Waals surface area (Å²) in [5, 5.41) is 21.7. The van der Waals surface area contributed by atoms with E-state index >= 15 is 0 Å². The van der Waals surface area contributed by atoms with E-state index in [1.807, 2.05) is 60.7 Å². The largest absolute Gasteiger partial charge is 0.481 e. The summed E-state index contributed by atoms with van der Waals surface area (Å²) < 4.78 is 0. The van der Waals surface area contributed by atoms with Crippen LogP contribution in [-0.2, 0) is 27.2 Å². The van der Waals surface area contributed by atoms with Gasteiger partial charge in [0.1, 0.15) is 0 Å². The van der Waals surface area contributed by atoms with Gasteiger partial charge in [0.25, 0.3) is 0 Å². The SMILES string of the molecule is O=C(O)C1CCC(NC(=O)[C@H](Cc2ccccc2)[C@H](Cc2ccccc2)C(=O)NO)CC1. The van der Waals surface area contributed by atoms with Gasteiger partial charge < -0.3 is 10.4 Å². The molecule has 0 radical (unpaired) electrons. The number of carboxylic acid groups (broad SMARTS) is 1. The molecule has 3 rings (SSSR count). The van der Waals surface area contributed by atoms with Crippen molar-refractivity contribution < 1.29 is 24.7 Å². The van der Waals surface area contributed by atoms with Gasteiger partial charge in [-0.05, 0) is 49.7 Å². The maximum Gasteiger partial charge on any atom is 0.306 e. The fourth-order valence-electron chi connectivity index (χ4n) is 4.45. The quantitative estimate of drug-likeness (QED) is 0.355. The van der Waals surface area contributed by atoms with E-state index in [4.69, 9.17) is 0 Å². The molecule has 2 aromatic carbocycles. The standard InChI is InChI=1S/C25H30N2O5/c28-23(26-20-13-11-19(12-14-20)25(30)31)21(15-17-7-3-1-4-8-17)22(24(29)27-32)16-18-9-5-2-6-10-18/h1-10,19-22,32H,11-16H2,(H,26,28)(H,27,29)(H,30,31)/t19?,20?,21-,22+/m1/s1. The van der Waals surface area contributed by atoms with Crippen LogP contribution in [0.15, 0.2) is 60.7 Å². The summed E-state index contributed by atoms with van der Waals surface area (Å²) in [7, 11) is 0. The first-order chi connectivity index (χ1) is 15.5. The van der Waals surface area contributed by atoms with Crippen LogP contribution in [0.2, 0.25) is 0 Å². The van der Waals surface area contributed by atoms with Crippen LogP contribution in [0.1, 0.15) is 36.8 Å². The average Bonchev–Trinajstić information content (AvgIpc) is 2.82. The first-order valence-corrected chi connectivity index (χ1v) is 11.0. The second-order valence-corrected chi connectivity index (χ2v) is 8.46. The zero-order valence-corrected chi connectivity index (χ0v) is 17.9. The van der Waals surface area contributed by atoms with Crippen molar-refractivity contribution >= 4 is 17.8 Å². The number of aliphatic carboxylic acids is 1. The minimum Gasteiger partial charge on any atom is -0.481 e. The van der Waals surface area contributed by atoms with Gasteiger partial charge in [0.15, 0.2) is 0 Å². The number of hydrogen-bond acceptors (Lipinski definition) is 4. The lowest BCUT2D eigenvalue weighted by Crippen LogP contribution is -2.47. The maximum atomic E-state index is 13.4. The minimum absolute atomic E-state index is 0.120. The van der Waals surface area contributed by atoms with E-state index in [-0.39, 0.29) is 17.9 Å². The van der Waals surface area contributed by atoms with Crippen molar-refractivity contribution in [2.75, 3.05) is 0 Å². The average molecular weight is 439 g/mol. The lowest BCUT2D eigenvalue weighted by molar-refractivity contribution is -0.143. The summed E-state index contributed by atoms with van der Waals surface area (Å²) >= 11 is 0. The lowest BCUT2D eigenvalue weighted by atomic mass is 9.80. The molecule has 170 valence electrons. The second-order valence-electron chi connectivity index (χ2n) is 8.46. The van der Waals surface area contributed by atoms with Crippen LogP contribution in [-0.4, -0.2) is 34.1 Å². The second kappa shape index (κ2) is 11.4. The first-order valence-electron chi connectivity index (χ1n) is 11.0. The summed E-state index contributed by atoms with van der Waals surface area (Å²) in [5.74, 6) is -3.47. The molecular weight excluding hydrogens is 408 g/mol. The molecule has 7 nitrogen and oxygen atoms in total. The normalized spacial score (nSPS) is 20.0. The van der Waals surface area contributed by atoms with Crippen LogP contribution in [0.3, 0.4) is 0 Å². The van der Waals surface area contributed by atoms with Crippen LogP contribution >= 0.6 is 0 Å². The van der Waals surface area contributed by atoms with E-state index < -0.39 is 23.7 Å². The van der Waals surface area contributed by atoms with Gasteiger partial charge in [0, 0.05) is 6.04 Å². The number of hydroxylamine groups is 1. The van der Waals surface area contributed by atoms with Crippen molar-refractivity contribution in [2.45, 2.75) is 44.6 Å². The van der Waals surface area contributed by atoms with Crippen LogP contribution in [0.5, 0.6) is 0 Å². The molecule has 0 heterocycles. The highest BCUT2D eigenvalue weighted by atomic mass is 16.5. The molecule has 1 fully saturated rings. The maximum absolute atomic E-state index is 13.4. The van der Waals surface area contributed by atoms with Crippen molar-refractivity contribution in [3.05, 3.63) is 71.8 Å². The van der Waals surface area contributed by atoms with Crippen molar-refractivity contribution in [1.82, 2.24) is 10.8 Å². The highest BCUT2D eigenvalue weighted by molar-refractivity contribution is 5.87. The van der Waals surface area contributed by atoms with E-state index in [1.54, 1.807) is 5.48 Å². The van der Waals surface area contributed by atoms with Gasteiger partial charge in [-0.25, -0.2) is 5.48 Å². The third-order valence-electron chi connectivity index (χ3n) is 6.29. The molecule has 0 aliphatic heterocycles. The summed E-state index contributed by atoms with van der Waals surface area (Å²) in [6, 6.07) is 18.8. The molecule has 2 aromatic rings. The molecule has 4 N–H and O–H groups in total. The number of benzene rings is 2. The third-order valence-corrected chi connectivity index (χ3v) is 6.29. The van der Waals surface area contributed by atoms with Crippen molar-refractivity contribution in [1.29, 1.82) is 0 Å². The Morgan fingerprint density at radius 1 is 0.781 bits per heavy atom.